The molecule has 0 aliphatic rings. The summed E-state index contributed by atoms with van der Waals surface area (Å²) in [5.41, 5.74) is 9.68. The molecule has 2 N–H and O–H groups in total. The van der Waals surface area contributed by atoms with Crippen LogP contribution in [0, 0.1) is 13.8 Å². The Morgan fingerprint density at radius 3 is 2.76 bits per heavy atom. The van der Waals surface area contributed by atoms with E-state index in [9.17, 15) is 0 Å². The summed E-state index contributed by atoms with van der Waals surface area (Å²) in [5.74, 6) is 0.851. The maximum atomic E-state index is 6.07. The van der Waals surface area contributed by atoms with Crippen LogP contribution < -0.4 is 5.73 Å². The van der Waals surface area contributed by atoms with E-state index < -0.39 is 0 Å². The predicted octanol–water partition coefficient (Wildman–Crippen LogP) is 2.26. The van der Waals surface area contributed by atoms with Gasteiger partial charge in [0.15, 0.2) is 0 Å². The van der Waals surface area contributed by atoms with Crippen LogP contribution in [0.2, 0.25) is 0 Å². The largest absolute Gasteiger partial charge is 0.468 e. The molecule has 0 radical (unpaired) electrons. The topological polar surface area (TPSA) is 57.0 Å². The Bertz CT molecular complexity index is 485. The SMILES string of the molecule is Cc1nn(C)c(C)c1CCC(N)c1ccco1. The van der Waals surface area contributed by atoms with Crippen LogP contribution >= 0.6 is 0 Å². The van der Waals surface area contributed by atoms with Gasteiger partial charge in [-0.25, -0.2) is 0 Å². The van der Waals surface area contributed by atoms with Crippen molar-refractivity contribution in [2.75, 3.05) is 0 Å². The fourth-order valence-electron chi connectivity index (χ4n) is 2.12. The summed E-state index contributed by atoms with van der Waals surface area (Å²) in [6.07, 6.45) is 3.48. The molecule has 0 spiro atoms. The van der Waals surface area contributed by atoms with Crippen LogP contribution in [0.5, 0.6) is 0 Å². The van der Waals surface area contributed by atoms with E-state index in [2.05, 4.69) is 12.0 Å². The highest BCUT2D eigenvalue weighted by molar-refractivity contribution is 5.24. The first-order valence-electron chi connectivity index (χ1n) is 5.87. The molecule has 92 valence electrons. The molecule has 2 aromatic rings. The van der Waals surface area contributed by atoms with Gasteiger partial charge in [-0.1, -0.05) is 0 Å². The molecule has 1 unspecified atom stereocenters. The van der Waals surface area contributed by atoms with Crippen molar-refractivity contribution in [3.05, 3.63) is 41.1 Å². The minimum absolute atomic E-state index is 0.0380. The standard InChI is InChI=1S/C13H19N3O/c1-9-11(10(2)16(3)15-9)6-7-12(14)13-5-4-8-17-13/h4-5,8,12H,6-7,14H2,1-3H3. The Morgan fingerprint density at radius 1 is 1.47 bits per heavy atom. The van der Waals surface area contributed by atoms with Crippen molar-refractivity contribution < 1.29 is 4.42 Å². The molecule has 0 fully saturated rings. The van der Waals surface area contributed by atoms with Crippen LogP contribution in [-0.2, 0) is 13.5 Å². The second kappa shape index (κ2) is 4.75. The molecule has 2 aromatic heterocycles. The van der Waals surface area contributed by atoms with Gasteiger partial charge in [0.2, 0.25) is 0 Å². The van der Waals surface area contributed by atoms with Gasteiger partial charge in [0, 0.05) is 12.7 Å². The van der Waals surface area contributed by atoms with Gasteiger partial charge in [0.25, 0.3) is 0 Å². The molecule has 0 saturated carbocycles. The second-order valence-electron chi connectivity index (χ2n) is 4.43. The summed E-state index contributed by atoms with van der Waals surface area (Å²) in [7, 11) is 1.97. The molecule has 2 heterocycles. The zero-order chi connectivity index (χ0) is 12.4. The first kappa shape index (κ1) is 11.9. The lowest BCUT2D eigenvalue weighted by Crippen LogP contribution is -2.10. The van der Waals surface area contributed by atoms with Gasteiger partial charge in [-0.15, -0.1) is 0 Å². The monoisotopic (exact) mass is 233 g/mol. The molecule has 0 aromatic carbocycles. The van der Waals surface area contributed by atoms with Crippen molar-refractivity contribution in [3.8, 4) is 0 Å². The fraction of sp³-hybridized carbons (Fsp3) is 0.462. The zero-order valence-corrected chi connectivity index (χ0v) is 10.6. The fourth-order valence-corrected chi connectivity index (χ4v) is 2.12. The van der Waals surface area contributed by atoms with Gasteiger partial charge in [-0.05, 0) is 44.4 Å². The molecule has 0 aliphatic carbocycles. The summed E-state index contributed by atoms with van der Waals surface area (Å²) in [5, 5.41) is 4.40. The number of furan rings is 1. The van der Waals surface area contributed by atoms with E-state index in [0.717, 1.165) is 24.3 Å². The van der Waals surface area contributed by atoms with E-state index in [1.807, 2.05) is 30.8 Å². The van der Waals surface area contributed by atoms with E-state index >= 15 is 0 Å². The first-order chi connectivity index (χ1) is 8.09. The van der Waals surface area contributed by atoms with E-state index in [1.54, 1.807) is 6.26 Å². The molecular formula is C13H19N3O. The highest BCUT2D eigenvalue weighted by Crippen LogP contribution is 2.20. The highest BCUT2D eigenvalue weighted by atomic mass is 16.3. The maximum Gasteiger partial charge on any atom is 0.120 e. The van der Waals surface area contributed by atoms with Gasteiger partial charge in [0.1, 0.15) is 5.76 Å². The number of nitrogens with two attached hydrogens (primary N) is 1. The molecule has 17 heavy (non-hydrogen) atoms. The van der Waals surface area contributed by atoms with Gasteiger partial charge in [0.05, 0.1) is 18.0 Å². The molecule has 0 saturated heterocycles. The summed E-state index contributed by atoms with van der Waals surface area (Å²) in [6, 6.07) is 3.76. The lowest BCUT2D eigenvalue weighted by molar-refractivity contribution is 0.452. The molecule has 2 rings (SSSR count). The van der Waals surface area contributed by atoms with Crippen LogP contribution in [-0.4, -0.2) is 9.78 Å². The van der Waals surface area contributed by atoms with Crippen molar-refractivity contribution >= 4 is 0 Å². The lowest BCUT2D eigenvalue weighted by Gasteiger charge is -2.08. The van der Waals surface area contributed by atoms with E-state index in [-0.39, 0.29) is 6.04 Å². The van der Waals surface area contributed by atoms with Crippen molar-refractivity contribution in [2.24, 2.45) is 12.8 Å². The summed E-state index contributed by atoms with van der Waals surface area (Å²) >= 11 is 0. The van der Waals surface area contributed by atoms with Crippen molar-refractivity contribution in [1.29, 1.82) is 0 Å². The highest BCUT2D eigenvalue weighted by Gasteiger charge is 2.13. The van der Waals surface area contributed by atoms with Crippen molar-refractivity contribution in [3.63, 3.8) is 0 Å². The lowest BCUT2D eigenvalue weighted by atomic mass is 10.0. The molecule has 4 heteroatoms. The van der Waals surface area contributed by atoms with E-state index in [0.29, 0.717) is 0 Å². The van der Waals surface area contributed by atoms with E-state index in [4.69, 9.17) is 10.2 Å². The smallest absolute Gasteiger partial charge is 0.120 e. The normalized spacial score (nSPS) is 12.9. The maximum absolute atomic E-state index is 6.07. The molecule has 4 nitrogen and oxygen atoms in total. The van der Waals surface area contributed by atoms with Gasteiger partial charge < -0.3 is 10.2 Å². The number of aromatic nitrogens is 2. The Labute approximate surface area is 101 Å². The molecule has 0 amide bonds. The third kappa shape index (κ3) is 2.42. The summed E-state index contributed by atoms with van der Waals surface area (Å²) in [6.45, 7) is 4.13. The Morgan fingerprint density at radius 2 is 2.24 bits per heavy atom. The minimum Gasteiger partial charge on any atom is -0.468 e. The van der Waals surface area contributed by atoms with Gasteiger partial charge >= 0.3 is 0 Å². The number of hydrogen-bond acceptors (Lipinski definition) is 3. The minimum atomic E-state index is -0.0380. The number of hydrogen-bond donors (Lipinski definition) is 1. The van der Waals surface area contributed by atoms with Crippen molar-refractivity contribution in [1.82, 2.24) is 9.78 Å². The number of aryl methyl sites for hydroxylation is 2. The van der Waals surface area contributed by atoms with Crippen LogP contribution in [0.25, 0.3) is 0 Å². The van der Waals surface area contributed by atoms with Crippen LogP contribution in [0.4, 0.5) is 0 Å². The third-order valence-electron chi connectivity index (χ3n) is 3.27. The summed E-state index contributed by atoms with van der Waals surface area (Å²) < 4.78 is 7.22. The molecule has 1 atom stereocenters. The van der Waals surface area contributed by atoms with Crippen LogP contribution in [0.1, 0.15) is 35.2 Å². The number of nitrogens with zero attached hydrogens (tertiary/aromatic N) is 2. The average Bonchev–Trinajstić information content (AvgIpc) is 2.88. The number of rotatable bonds is 4. The molecular weight excluding hydrogens is 214 g/mol. The molecule has 0 aliphatic heterocycles. The Kier molecular flexibility index (Phi) is 3.33. The van der Waals surface area contributed by atoms with E-state index in [1.165, 1.54) is 11.3 Å². The Balaban J connectivity index is 2.03. The quantitative estimate of drug-likeness (QED) is 0.881. The van der Waals surface area contributed by atoms with Crippen LogP contribution in [0.15, 0.2) is 22.8 Å². The third-order valence-corrected chi connectivity index (χ3v) is 3.27. The van der Waals surface area contributed by atoms with Crippen LogP contribution in [0.3, 0.4) is 0 Å². The Hall–Kier alpha value is -1.55. The average molecular weight is 233 g/mol. The predicted molar refractivity (Wildman–Crippen MR) is 66.6 cm³/mol. The van der Waals surface area contributed by atoms with Gasteiger partial charge in [-0.3, -0.25) is 4.68 Å². The zero-order valence-electron chi connectivity index (χ0n) is 10.6. The molecule has 0 bridgehead atoms. The first-order valence-corrected chi connectivity index (χ1v) is 5.87. The van der Waals surface area contributed by atoms with Crippen molar-refractivity contribution in [2.45, 2.75) is 32.7 Å². The second-order valence-corrected chi connectivity index (χ2v) is 4.43. The van der Waals surface area contributed by atoms with Gasteiger partial charge in [-0.2, -0.15) is 5.10 Å². The summed E-state index contributed by atoms with van der Waals surface area (Å²) in [4.78, 5) is 0.